The Labute approximate surface area is 329 Å². The van der Waals surface area contributed by atoms with Crippen molar-refractivity contribution in [1.82, 2.24) is 15.1 Å². The number of halogens is 5. The van der Waals surface area contributed by atoms with Crippen molar-refractivity contribution >= 4 is 23.9 Å². The first-order valence-corrected chi connectivity index (χ1v) is 18.8. The van der Waals surface area contributed by atoms with Crippen LogP contribution in [0.15, 0.2) is 48.5 Å². The number of carbonyl (C=O) groups excluding carboxylic acids is 4. The number of amides is 3. The normalized spacial score (nSPS) is 14.9. The first-order valence-electron chi connectivity index (χ1n) is 18.8. The molecule has 1 aliphatic rings. The van der Waals surface area contributed by atoms with Gasteiger partial charge in [0.25, 0.3) is 0 Å². The van der Waals surface area contributed by atoms with Gasteiger partial charge in [-0.25, -0.2) is 18.0 Å². The Morgan fingerprint density at radius 1 is 0.754 bits per heavy atom. The summed E-state index contributed by atoms with van der Waals surface area (Å²) in [5.41, 5.74) is 4.18. The third kappa shape index (κ3) is 9.40. The fraction of sp³-hybridized carbons (Fsp3) is 0.476. The van der Waals surface area contributed by atoms with Crippen molar-refractivity contribution in [3.8, 4) is 16.9 Å². The highest BCUT2D eigenvalue weighted by Crippen LogP contribution is 2.44. The Balaban J connectivity index is 1.49. The Morgan fingerprint density at radius 2 is 1.26 bits per heavy atom. The lowest BCUT2D eigenvalue weighted by atomic mass is 9.90. The molecule has 310 valence electrons. The lowest BCUT2D eigenvalue weighted by molar-refractivity contribution is -0.147. The topological polar surface area (TPSA) is 114 Å². The zero-order valence-electron chi connectivity index (χ0n) is 33.5. The van der Waals surface area contributed by atoms with E-state index in [0.29, 0.717) is 6.42 Å². The molecule has 3 amide bonds. The number of carbonyl (C=O) groups is 4. The summed E-state index contributed by atoms with van der Waals surface area (Å²) >= 11 is 0. The maximum absolute atomic E-state index is 14.3. The van der Waals surface area contributed by atoms with Crippen LogP contribution in [0.4, 0.5) is 26.7 Å². The van der Waals surface area contributed by atoms with Crippen LogP contribution in [-0.2, 0) is 23.9 Å². The summed E-state index contributed by atoms with van der Waals surface area (Å²) in [6.07, 6.45) is -2.21. The Hall–Kier alpha value is -5.05. The van der Waals surface area contributed by atoms with E-state index in [1.54, 1.807) is 34.6 Å². The highest BCUT2D eigenvalue weighted by atomic mass is 19.2. The fourth-order valence-corrected chi connectivity index (χ4v) is 7.43. The molecule has 0 bridgehead atoms. The van der Waals surface area contributed by atoms with Crippen LogP contribution in [0.3, 0.4) is 0 Å². The number of fused-ring (bicyclic) bond motifs is 3. The quantitative estimate of drug-likeness (QED) is 0.0522. The zero-order chi connectivity index (χ0) is 42.5. The predicted octanol–water partition coefficient (Wildman–Crippen LogP) is 7.61. The van der Waals surface area contributed by atoms with Gasteiger partial charge in [-0.1, -0.05) is 96.5 Å². The number of likely N-dealkylation sites (N-methyl/N-ethyl adjacent to an activating group) is 2. The van der Waals surface area contributed by atoms with Gasteiger partial charge in [0.15, 0.2) is 0 Å². The molecule has 3 aromatic rings. The van der Waals surface area contributed by atoms with Gasteiger partial charge in [0, 0.05) is 27.1 Å². The van der Waals surface area contributed by atoms with E-state index in [1.165, 1.54) is 31.0 Å². The molecule has 0 spiro atoms. The minimum atomic E-state index is -2.41. The number of rotatable bonds is 16. The van der Waals surface area contributed by atoms with Crippen LogP contribution in [0.2, 0.25) is 0 Å². The number of nitrogens with zero attached hydrogens (tertiary/aromatic N) is 2. The number of nitrogens with one attached hydrogen (secondary N) is 1. The SMILES string of the molecule is CC[C@H](C)[C@@H]([C@@H](CC(=O)Oc1c(F)c(F)c(F)c(F)c1F)OC)N(C)C(=O)[C@@H](NC(=O)[C@H](C(C)C)N(C)C(=O)OCC1c2ccccc2-c2ccccc21)C(C)C. The monoisotopic (exact) mass is 803 g/mol. The first kappa shape index (κ1) is 44.7. The smallest absolute Gasteiger partial charge is 0.410 e. The van der Waals surface area contributed by atoms with Gasteiger partial charge in [-0.05, 0) is 40.0 Å². The minimum Gasteiger partial charge on any atom is -0.448 e. The molecule has 0 unspecified atom stereocenters. The molecule has 3 aromatic carbocycles. The molecule has 5 atom stereocenters. The maximum atomic E-state index is 14.3. The zero-order valence-corrected chi connectivity index (χ0v) is 33.5. The second-order valence-electron chi connectivity index (χ2n) is 15.0. The van der Waals surface area contributed by atoms with E-state index in [1.807, 2.05) is 55.5 Å². The van der Waals surface area contributed by atoms with E-state index in [0.717, 1.165) is 22.3 Å². The van der Waals surface area contributed by atoms with Gasteiger partial charge in [-0.3, -0.25) is 19.3 Å². The van der Waals surface area contributed by atoms with E-state index < -0.39 is 101 Å². The largest absolute Gasteiger partial charge is 0.448 e. The molecule has 1 N–H and O–H groups in total. The number of esters is 1. The molecular formula is C42H50F5N3O7. The Morgan fingerprint density at radius 3 is 1.74 bits per heavy atom. The highest BCUT2D eigenvalue weighted by Gasteiger charge is 2.41. The van der Waals surface area contributed by atoms with Crippen LogP contribution in [0.1, 0.15) is 71.4 Å². The third-order valence-corrected chi connectivity index (χ3v) is 10.6. The van der Waals surface area contributed by atoms with Gasteiger partial charge in [0.05, 0.1) is 18.6 Å². The molecule has 0 aromatic heterocycles. The number of hydrogen-bond donors (Lipinski definition) is 1. The maximum Gasteiger partial charge on any atom is 0.410 e. The van der Waals surface area contributed by atoms with Crippen molar-refractivity contribution in [2.75, 3.05) is 27.8 Å². The molecule has 10 nitrogen and oxygen atoms in total. The molecule has 15 heteroatoms. The molecule has 0 aliphatic heterocycles. The summed E-state index contributed by atoms with van der Waals surface area (Å²) in [5, 5.41) is 2.81. The van der Waals surface area contributed by atoms with Crippen molar-refractivity contribution in [1.29, 1.82) is 0 Å². The first-order chi connectivity index (χ1) is 26.9. The molecule has 1 aliphatic carbocycles. The van der Waals surface area contributed by atoms with Crippen LogP contribution < -0.4 is 10.1 Å². The van der Waals surface area contributed by atoms with Crippen molar-refractivity contribution < 1.29 is 55.3 Å². The average Bonchev–Trinajstić information content (AvgIpc) is 3.51. The number of hydrogen-bond acceptors (Lipinski definition) is 7. The fourth-order valence-electron chi connectivity index (χ4n) is 7.43. The van der Waals surface area contributed by atoms with E-state index in [2.05, 4.69) is 10.1 Å². The van der Waals surface area contributed by atoms with E-state index in [-0.39, 0.29) is 18.4 Å². The van der Waals surface area contributed by atoms with Crippen LogP contribution in [0, 0.1) is 46.8 Å². The molecule has 57 heavy (non-hydrogen) atoms. The second kappa shape index (κ2) is 18.9. The summed E-state index contributed by atoms with van der Waals surface area (Å²) in [6.45, 7) is 10.5. The van der Waals surface area contributed by atoms with Gasteiger partial charge < -0.3 is 24.4 Å². The summed E-state index contributed by atoms with van der Waals surface area (Å²) in [4.78, 5) is 57.2. The van der Waals surface area contributed by atoms with Crippen LogP contribution in [0.5, 0.6) is 5.75 Å². The van der Waals surface area contributed by atoms with Gasteiger partial charge in [-0.15, -0.1) is 0 Å². The van der Waals surface area contributed by atoms with Crippen molar-refractivity contribution in [2.45, 2.75) is 84.5 Å². The standard InChI is InChI=1S/C42H50F5N3O7/c1-10-23(6)38(29(55-9)19-30(51)57-39-34(46)32(44)31(43)33(45)35(39)47)49(7)41(53)36(21(2)3)48-40(52)37(22(4)5)50(8)42(54)56-20-28-26-17-13-11-15-24(26)25-16-12-14-18-27(25)28/h11-18,21-23,28-29,36-38H,10,19-20H2,1-9H3,(H,48,52)/t23-,29+,36-,37-,38-/m0/s1. The lowest BCUT2D eigenvalue weighted by Crippen LogP contribution is -2.60. The summed E-state index contributed by atoms with van der Waals surface area (Å²) in [7, 11) is 4.11. The van der Waals surface area contributed by atoms with Crippen LogP contribution in [0.25, 0.3) is 11.1 Å². The summed E-state index contributed by atoms with van der Waals surface area (Å²) < 4.78 is 85.6. The third-order valence-electron chi connectivity index (χ3n) is 10.6. The van der Waals surface area contributed by atoms with Crippen molar-refractivity contribution in [2.24, 2.45) is 17.8 Å². The molecule has 0 radical (unpaired) electrons. The van der Waals surface area contributed by atoms with E-state index in [4.69, 9.17) is 9.47 Å². The minimum absolute atomic E-state index is 0.0360. The van der Waals surface area contributed by atoms with Crippen molar-refractivity contribution in [3.05, 3.63) is 88.7 Å². The molecular weight excluding hydrogens is 753 g/mol. The second-order valence-corrected chi connectivity index (χ2v) is 15.0. The molecule has 0 saturated carbocycles. The van der Waals surface area contributed by atoms with Gasteiger partial charge in [0.2, 0.25) is 46.6 Å². The van der Waals surface area contributed by atoms with E-state index in [9.17, 15) is 41.1 Å². The van der Waals surface area contributed by atoms with Gasteiger partial charge in [0.1, 0.15) is 18.7 Å². The Bertz CT molecular complexity index is 1890. The van der Waals surface area contributed by atoms with Crippen LogP contribution in [-0.4, -0.2) is 85.7 Å². The van der Waals surface area contributed by atoms with Crippen molar-refractivity contribution in [3.63, 3.8) is 0 Å². The highest BCUT2D eigenvalue weighted by molar-refractivity contribution is 5.92. The molecule has 4 rings (SSSR count). The average molecular weight is 804 g/mol. The van der Waals surface area contributed by atoms with Gasteiger partial charge in [-0.2, -0.15) is 8.78 Å². The van der Waals surface area contributed by atoms with E-state index >= 15 is 0 Å². The number of methoxy groups -OCH3 is 1. The predicted molar refractivity (Wildman–Crippen MR) is 202 cm³/mol. The summed E-state index contributed by atoms with van der Waals surface area (Å²) in [5.74, 6) is -17.4. The molecule has 0 heterocycles. The summed E-state index contributed by atoms with van der Waals surface area (Å²) in [6, 6.07) is 12.7. The van der Waals surface area contributed by atoms with Gasteiger partial charge >= 0.3 is 12.1 Å². The molecule has 0 fully saturated rings. The Kier molecular flexibility index (Phi) is 14.8. The number of ether oxygens (including phenoxy) is 3. The molecule has 0 saturated heterocycles. The van der Waals surface area contributed by atoms with Crippen LogP contribution >= 0.6 is 0 Å². The lowest BCUT2D eigenvalue weighted by Gasteiger charge is -2.40. The number of benzene rings is 3.